The van der Waals surface area contributed by atoms with Gasteiger partial charge >= 0.3 is 0 Å². The summed E-state index contributed by atoms with van der Waals surface area (Å²) in [6.45, 7) is 5.83. The Morgan fingerprint density at radius 2 is 2.11 bits per heavy atom. The number of aryl methyl sites for hydroxylation is 3. The summed E-state index contributed by atoms with van der Waals surface area (Å²) >= 11 is 1.49. The summed E-state index contributed by atoms with van der Waals surface area (Å²) in [5, 5.41) is 3.35. The molecule has 5 nitrogen and oxygen atoms in total. The quantitative estimate of drug-likeness (QED) is 0.922. The van der Waals surface area contributed by atoms with Gasteiger partial charge in [0.1, 0.15) is 5.69 Å². The van der Waals surface area contributed by atoms with Crippen molar-refractivity contribution in [3.05, 3.63) is 34.4 Å². The molecule has 0 spiro atoms. The molecule has 0 aliphatic carbocycles. The summed E-state index contributed by atoms with van der Waals surface area (Å²) in [5.41, 5.74) is 2.05. The van der Waals surface area contributed by atoms with E-state index in [4.69, 9.17) is 0 Å². The number of hydrogen-bond acceptors (Lipinski definition) is 5. The van der Waals surface area contributed by atoms with Gasteiger partial charge in [-0.3, -0.25) is 15.1 Å². The molecule has 0 aromatic carbocycles. The molecule has 0 saturated heterocycles. The third-order valence-electron chi connectivity index (χ3n) is 2.45. The maximum Gasteiger partial charge on any atom is 0.277 e. The van der Waals surface area contributed by atoms with E-state index in [1.165, 1.54) is 22.4 Å². The lowest BCUT2D eigenvalue weighted by Crippen LogP contribution is -2.13. The molecule has 2 aromatic heterocycles. The van der Waals surface area contributed by atoms with E-state index in [1.807, 2.05) is 13.8 Å². The minimum absolute atomic E-state index is 0.279. The summed E-state index contributed by atoms with van der Waals surface area (Å²) in [6, 6.07) is 0. The molecule has 0 aliphatic rings. The first kappa shape index (κ1) is 12.6. The molecule has 94 valence electrons. The normalized spacial score (nSPS) is 10.4. The van der Waals surface area contributed by atoms with Gasteiger partial charge in [0.15, 0.2) is 5.13 Å². The van der Waals surface area contributed by atoms with Crippen molar-refractivity contribution in [3.8, 4) is 0 Å². The van der Waals surface area contributed by atoms with Crippen LogP contribution in [0.2, 0.25) is 0 Å². The van der Waals surface area contributed by atoms with E-state index in [0.717, 1.165) is 17.8 Å². The lowest BCUT2D eigenvalue weighted by Gasteiger charge is -2.00. The molecule has 0 radical (unpaired) electrons. The van der Waals surface area contributed by atoms with Gasteiger partial charge in [-0.05, 0) is 20.3 Å². The van der Waals surface area contributed by atoms with Gasteiger partial charge in [-0.2, -0.15) is 0 Å². The number of aromatic nitrogens is 3. The van der Waals surface area contributed by atoms with Crippen LogP contribution < -0.4 is 5.32 Å². The minimum Gasteiger partial charge on any atom is -0.296 e. The predicted molar refractivity (Wildman–Crippen MR) is 71.0 cm³/mol. The van der Waals surface area contributed by atoms with Gasteiger partial charge in [0.2, 0.25) is 0 Å². The first-order chi connectivity index (χ1) is 8.60. The van der Waals surface area contributed by atoms with E-state index in [0.29, 0.717) is 10.8 Å². The molecule has 0 bridgehead atoms. The lowest BCUT2D eigenvalue weighted by atomic mass is 10.3. The number of anilines is 1. The van der Waals surface area contributed by atoms with E-state index < -0.39 is 0 Å². The zero-order valence-corrected chi connectivity index (χ0v) is 11.3. The summed E-state index contributed by atoms with van der Waals surface area (Å²) in [6.07, 6.45) is 3.95. The number of hydrogen-bond donors (Lipinski definition) is 1. The fourth-order valence-electron chi connectivity index (χ4n) is 1.48. The maximum atomic E-state index is 11.9. The largest absolute Gasteiger partial charge is 0.296 e. The number of amides is 1. The smallest absolute Gasteiger partial charge is 0.277 e. The minimum atomic E-state index is -0.279. The third kappa shape index (κ3) is 2.70. The van der Waals surface area contributed by atoms with Crippen molar-refractivity contribution in [2.45, 2.75) is 27.2 Å². The van der Waals surface area contributed by atoms with E-state index in [2.05, 4.69) is 27.2 Å². The van der Waals surface area contributed by atoms with Crippen LogP contribution in [0.3, 0.4) is 0 Å². The van der Waals surface area contributed by atoms with Crippen LogP contribution in [0.1, 0.15) is 33.7 Å². The Hall–Kier alpha value is -1.82. The molecule has 2 aromatic rings. The molecule has 0 unspecified atom stereocenters. The van der Waals surface area contributed by atoms with E-state index in [9.17, 15) is 4.79 Å². The van der Waals surface area contributed by atoms with E-state index in [-0.39, 0.29) is 5.91 Å². The topological polar surface area (TPSA) is 67.8 Å². The van der Waals surface area contributed by atoms with E-state index in [1.54, 1.807) is 6.20 Å². The van der Waals surface area contributed by atoms with Crippen molar-refractivity contribution in [2.75, 3.05) is 5.32 Å². The van der Waals surface area contributed by atoms with Gasteiger partial charge < -0.3 is 0 Å². The highest BCUT2D eigenvalue weighted by Crippen LogP contribution is 2.23. The van der Waals surface area contributed by atoms with Gasteiger partial charge in [0.25, 0.3) is 5.91 Å². The van der Waals surface area contributed by atoms with Crippen LogP contribution in [0.5, 0.6) is 0 Å². The molecule has 0 atom stereocenters. The van der Waals surface area contributed by atoms with Gasteiger partial charge in [-0.25, -0.2) is 9.97 Å². The molecule has 18 heavy (non-hydrogen) atoms. The van der Waals surface area contributed by atoms with Crippen molar-refractivity contribution < 1.29 is 4.79 Å². The highest BCUT2D eigenvalue weighted by atomic mass is 32.1. The Bertz CT molecular complexity index is 562. The highest BCUT2D eigenvalue weighted by Gasteiger charge is 2.12. The average molecular weight is 262 g/mol. The van der Waals surface area contributed by atoms with Crippen LogP contribution in [0, 0.1) is 13.8 Å². The average Bonchev–Trinajstić information content (AvgIpc) is 2.70. The summed E-state index contributed by atoms with van der Waals surface area (Å²) < 4.78 is 0. The van der Waals surface area contributed by atoms with Crippen LogP contribution in [-0.4, -0.2) is 20.9 Å². The molecule has 1 N–H and O–H groups in total. The van der Waals surface area contributed by atoms with Gasteiger partial charge in [0, 0.05) is 11.1 Å². The Labute approximate surface area is 109 Å². The van der Waals surface area contributed by atoms with Gasteiger partial charge in [0.05, 0.1) is 17.6 Å². The molecule has 1 amide bonds. The lowest BCUT2D eigenvalue weighted by molar-refractivity contribution is 0.102. The first-order valence-electron chi connectivity index (χ1n) is 5.66. The SMILES string of the molecule is CCc1sc(NC(=O)c2cnc(C)cn2)nc1C. The zero-order valence-electron chi connectivity index (χ0n) is 10.5. The molecule has 2 rings (SSSR count). The molecule has 6 heteroatoms. The monoisotopic (exact) mass is 262 g/mol. The van der Waals surface area contributed by atoms with Crippen molar-refractivity contribution in [1.29, 1.82) is 0 Å². The number of thiazole rings is 1. The standard InChI is InChI=1S/C12H14N4OS/c1-4-10-8(3)15-12(18-10)16-11(17)9-6-13-7(2)5-14-9/h5-6H,4H2,1-3H3,(H,15,16,17). The number of nitrogens with zero attached hydrogens (tertiary/aromatic N) is 3. The molecule has 0 fully saturated rings. The number of nitrogens with one attached hydrogen (secondary N) is 1. The molecule has 0 saturated carbocycles. The second-order valence-electron chi connectivity index (χ2n) is 3.88. The Kier molecular flexibility index (Phi) is 3.66. The predicted octanol–water partition coefficient (Wildman–Crippen LogP) is 2.36. The second kappa shape index (κ2) is 5.22. The van der Waals surface area contributed by atoms with Crippen LogP contribution in [0.25, 0.3) is 0 Å². The number of carbonyl (C=O) groups is 1. The summed E-state index contributed by atoms with van der Waals surface area (Å²) in [7, 11) is 0. The Balaban J connectivity index is 2.13. The molecule has 2 heterocycles. The van der Waals surface area contributed by atoms with Crippen LogP contribution >= 0.6 is 11.3 Å². The van der Waals surface area contributed by atoms with Gasteiger partial charge in [-0.15, -0.1) is 11.3 Å². The summed E-state index contributed by atoms with van der Waals surface area (Å²) in [4.78, 5) is 25.4. The molecular weight excluding hydrogens is 248 g/mol. The van der Waals surface area contributed by atoms with Crippen molar-refractivity contribution in [1.82, 2.24) is 15.0 Å². The van der Waals surface area contributed by atoms with Crippen LogP contribution in [0.4, 0.5) is 5.13 Å². The summed E-state index contributed by atoms with van der Waals surface area (Å²) in [5.74, 6) is -0.279. The highest BCUT2D eigenvalue weighted by molar-refractivity contribution is 7.15. The van der Waals surface area contributed by atoms with Crippen LogP contribution in [-0.2, 0) is 6.42 Å². The Morgan fingerprint density at radius 1 is 1.33 bits per heavy atom. The van der Waals surface area contributed by atoms with Gasteiger partial charge in [-0.1, -0.05) is 6.92 Å². The molecular formula is C12H14N4OS. The fourth-order valence-corrected chi connectivity index (χ4v) is 2.38. The second-order valence-corrected chi connectivity index (χ2v) is 4.96. The van der Waals surface area contributed by atoms with Crippen molar-refractivity contribution in [3.63, 3.8) is 0 Å². The number of carbonyl (C=O) groups excluding carboxylic acids is 1. The maximum absolute atomic E-state index is 11.9. The third-order valence-corrected chi connectivity index (χ3v) is 3.67. The number of rotatable bonds is 3. The Morgan fingerprint density at radius 3 is 2.67 bits per heavy atom. The van der Waals surface area contributed by atoms with Crippen molar-refractivity contribution in [2.24, 2.45) is 0 Å². The zero-order chi connectivity index (χ0) is 13.1. The van der Waals surface area contributed by atoms with E-state index >= 15 is 0 Å². The fraction of sp³-hybridized carbons (Fsp3) is 0.333. The van der Waals surface area contributed by atoms with Crippen molar-refractivity contribution >= 4 is 22.4 Å². The van der Waals surface area contributed by atoms with Crippen LogP contribution in [0.15, 0.2) is 12.4 Å². The molecule has 0 aliphatic heterocycles. The first-order valence-corrected chi connectivity index (χ1v) is 6.48.